The zero-order valence-electron chi connectivity index (χ0n) is 10.5. The van der Waals surface area contributed by atoms with E-state index in [0.717, 1.165) is 12.2 Å². The van der Waals surface area contributed by atoms with Crippen molar-refractivity contribution in [3.63, 3.8) is 0 Å². The third-order valence-corrected chi connectivity index (χ3v) is 3.71. The maximum absolute atomic E-state index is 5.96. The van der Waals surface area contributed by atoms with Gasteiger partial charge in [-0.25, -0.2) is 0 Å². The minimum absolute atomic E-state index is 0.268. The molecule has 1 atom stereocenters. The second-order valence-electron chi connectivity index (χ2n) is 4.73. The molecule has 0 radical (unpaired) electrons. The van der Waals surface area contributed by atoms with E-state index in [1.165, 1.54) is 16.7 Å². The topological polar surface area (TPSA) is 42.2 Å². The molecule has 0 saturated heterocycles. The van der Waals surface area contributed by atoms with E-state index in [-0.39, 0.29) is 6.04 Å². The van der Waals surface area contributed by atoms with Gasteiger partial charge in [0.15, 0.2) is 0 Å². The van der Waals surface area contributed by atoms with Gasteiger partial charge in [-0.15, -0.1) is 0 Å². The largest absolute Gasteiger partial charge is 0.358 e. The molecule has 0 aliphatic carbocycles. The molecule has 1 aromatic carbocycles. The van der Waals surface area contributed by atoms with Gasteiger partial charge in [0.05, 0.1) is 17.9 Å². The van der Waals surface area contributed by atoms with Crippen molar-refractivity contribution in [1.29, 1.82) is 0 Å². The van der Waals surface area contributed by atoms with E-state index in [1.54, 1.807) is 6.20 Å². The van der Waals surface area contributed by atoms with E-state index >= 15 is 0 Å². The van der Waals surface area contributed by atoms with Crippen molar-refractivity contribution < 1.29 is 0 Å². The highest BCUT2D eigenvalue weighted by Gasteiger charge is 2.30. The molecule has 0 spiro atoms. The van der Waals surface area contributed by atoms with Crippen LogP contribution in [0.1, 0.15) is 22.7 Å². The van der Waals surface area contributed by atoms with Crippen molar-refractivity contribution in [2.24, 2.45) is 5.73 Å². The number of aryl methyl sites for hydroxylation is 1. The Labute approximate surface area is 107 Å². The summed E-state index contributed by atoms with van der Waals surface area (Å²) in [5.41, 5.74) is 11.2. The Kier molecular flexibility index (Phi) is 2.76. The molecule has 0 fully saturated rings. The highest BCUT2D eigenvalue weighted by atomic mass is 15.2. The lowest BCUT2D eigenvalue weighted by molar-refractivity contribution is 0.677. The molecule has 2 heterocycles. The van der Waals surface area contributed by atoms with E-state index in [1.807, 2.05) is 12.3 Å². The fourth-order valence-corrected chi connectivity index (χ4v) is 2.75. The van der Waals surface area contributed by atoms with Gasteiger partial charge in [0.1, 0.15) is 0 Å². The number of rotatable bonds is 2. The van der Waals surface area contributed by atoms with Gasteiger partial charge in [-0.1, -0.05) is 18.2 Å². The van der Waals surface area contributed by atoms with Crippen LogP contribution >= 0.6 is 0 Å². The Bertz CT molecular complexity index is 551. The van der Waals surface area contributed by atoms with Gasteiger partial charge < -0.3 is 10.6 Å². The Balaban J connectivity index is 2.04. The summed E-state index contributed by atoms with van der Waals surface area (Å²) in [4.78, 5) is 6.54. The van der Waals surface area contributed by atoms with E-state index in [4.69, 9.17) is 5.73 Å². The summed E-state index contributed by atoms with van der Waals surface area (Å²) in [6.07, 6.45) is 3.71. The first kappa shape index (κ1) is 11.2. The van der Waals surface area contributed by atoms with E-state index < -0.39 is 0 Å². The molecule has 3 nitrogen and oxygen atoms in total. The lowest BCUT2D eigenvalue weighted by Gasteiger charge is -2.25. The Morgan fingerprint density at radius 2 is 2.22 bits per heavy atom. The maximum Gasteiger partial charge on any atom is 0.0672 e. The summed E-state index contributed by atoms with van der Waals surface area (Å²) in [5.74, 6) is 0. The van der Waals surface area contributed by atoms with Crippen molar-refractivity contribution in [2.75, 3.05) is 11.4 Å². The van der Waals surface area contributed by atoms with Crippen LogP contribution < -0.4 is 10.6 Å². The van der Waals surface area contributed by atoms with Gasteiger partial charge >= 0.3 is 0 Å². The van der Waals surface area contributed by atoms with Crippen LogP contribution in [0, 0.1) is 6.92 Å². The van der Waals surface area contributed by atoms with Crippen molar-refractivity contribution in [3.8, 4) is 0 Å². The Morgan fingerprint density at radius 3 is 2.94 bits per heavy atom. The van der Waals surface area contributed by atoms with Gasteiger partial charge in [-0.2, -0.15) is 0 Å². The quantitative estimate of drug-likeness (QED) is 0.875. The summed E-state index contributed by atoms with van der Waals surface area (Å²) < 4.78 is 0. The van der Waals surface area contributed by atoms with Crippen LogP contribution in [0.4, 0.5) is 5.69 Å². The molecular formula is C15H17N3. The van der Waals surface area contributed by atoms with Gasteiger partial charge in [-0.05, 0) is 35.7 Å². The van der Waals surface area contributed by atoms with Gasteiger partial charge in [0, 0.05) is 19.3 Å². The van der Waals surface area contributed by atoms with Crippen LogP contribution in [0.25, 0.3) is 0 Å². The van der Waals surface area contributed by atoms with Crippen molar-refractivity contribution in [3.05, 3.63) is 59.4 Å². The number of nitrogens with zero attached hydrogens (tertiary/aromatic N) is 2. The molecule has 1 aliphatic heterocycles. The molecular weight excluding hydrogens is 222 g/mol. The number of aromatic nitrogens is 1. The lowest BCUT2D eigenvalue weighted by atomic mass is 10.0. The molecule has 18 heavy (non-hydrogen) atoms. The molecule has 92 valence electrons. The van der Waals surface area contributed by atoms with Crippen LogP contribution in [0.15, 0.2) is 42.7 Å². The number of hydrogen-bond acceptors (Lipinski definition) is 3. The molecule has 1 aromatic heterocycles. The number of benzene rings is 1. The minimum atomic E-state index is 0.268. The van der Waals surface area contributed by atoms with E-state index in [2.05, 4.69) is 41.1 Å². The van der Waals surface area contributed by atoms with Gasteiger partial charge in [-0.3, -0.25) is 4.98 Å². The predicted octanol–water partition coefficient (Wildman–Crippen LogP) is 2.41. The fraction of sp³-hybridized carbons (Fsp3) is 0.267. The molecule has 1 unspecified atom stereocenters. The number of pyridine rings is 1. The summed E-state index contributed by atoms with van der Waals surface area (Å²) in [6, 6.07) is 10.8. The summed E-state index contributed by atoms with van der Waals surface area (Å²) in [5, 5.41) is 0. The molecule has 1 aliphatic rings. The predicted molar refractivity (Wildman–Crippen MR) is 73.4 cm³/mol. The van der Waals surface area contributed by atoms with E-state index in [0.29, 0.717) is 6.54 Å². The molecule has 0 amide bonds. The highest BCUT2D eigenvalue weighted by Crippen LogP contribution is 2.37. The monoisotopic (exact) mass is 239 g/mol. The zero-order valence-corrected chi connectivity index (χ0v) is 10.5. The van der Waals surface area contributed by atoms with Crippen LogP contribution in [-0.2, 0) is 6.54 Å². The van der Waals surface area contributed by atoms with Gasteiger partial charge in [0.25, 0.3) is 0 Å². The second kappa shape index (κ2) is 4.42. The number of hydrogen-bond donors (Lipinski definition) is 1. The molecule has 2 aromatic rings. The standard InChI is InChI=1S/C15H17N3/c1-11-4-2-6-13-14(11)10-18(15(13)8-16)12-5-3-7-17-9-12/h2-7,9,15H,8,10,16H2,1H3. The summed E-state index contributed by atoms with van der Waals surface area (Å²) in [6.45, 7) is 3.72. The summed E-state index contributed by atoms with van der Waals surface area (Å²) >= 11 is 0. The van der Waals surface area contributed by atoms with Crippen LogP contribution in [0.5, 0.6) is 0 Å². The maximum atomic E-state index is 5.96. The first-order valence-electron chi connectivity index (χ1n) is 6.26. The zero-order chi connectivity index (χ0) is 12.5. The molecule has 3 rings (SSSR count). The average molecular weight is 239 g/mol. The molecule has 0 saturated carbocycles. The highest BCUT2D eigenvalue weighted by molar-refractivity contribution is 5.55. The van der Waals surface area contributed by atoms with Crippen LogP contribution in [0.2, 0.25) is 0 Å². The average Bonchev–Trinajstić information content (AvgIpc) is 2.80. The third kappa shape index (κ3) is 1.68. The van der Waals surface area contributed by atoms with Gasteiger partial charge in [0.2, 0.25) is 0 Å². The first-order chi connectivity index (χ1) is 8.81. The first-order valence-corrected chi connectivity index (χ1v) is 6.26. The summed E-state index contributed by atoms with van der Waals surface area (Å²) in [7, 11) is 0. The SMILES string of the molecule is Cc1cccc2c1CN(c1cccnc1)C2CN. The van der Waals surface area contributed by atoms with E-state index in [9.17, 15) is 0 Å². The minimum Gasteiger partial charge on any atom is -0.358 e. The molecule has 2 N–H and O–H groups in total. The second-order valence-corrected chi connectivity index (χ2v) is 4.73. The molecule has 0 bridgehead atoms. The van der Waals surface area contributed by atoms with Crippen LogP contribution in [-0.4, -0.2) is 11.5 Å². The van der Waals surface area contributed by atoms with Crippen molar-refractivity contribution in [2.45, 2.75) is 19.5 Å². The third-order valence-electron chi connectivity index (χ3n) is 3.71. The lowest BCUT2D eigenvalue weighted by Crippen LogP contribution is -2.27. The van der Waals surface area contributed by atoms with Crippen LogP contribution in [0.3, 0.4) is 0 Å². The normalized spacial score (nSPS) is 17.9. The number of fused-ring (bicyclic) bond motifs is 1. The number of anilines is 1. The van der Waals surface area contributed by atoms with Crippen molar-refractivity contribution in [1.82, 2.24) is 4.98 Å². The fourth-order valence-electron chi connectivity index (χ4n) is 2.75. The van der Waals surface area contributed by atoms with Crippen molar-refractivity contribution >= 4 is 5.69 Å². The Hall–Kier alpha value is -1.87. The Morgan fingerprint density at radius 1 is 1.33 bits per heavy atom. The number of nitrogens with two attached hydrogens (primary N) is 1. The smallest absolute Gasteiger partial charge is 0.0672 e. The molecule has 3 heteroatoms.